The third kappa shape index (κ3) is 5.42. The highest BCUT2D eigenvalue weighted by molar-refractivity contribution is 5.80. The van der Waals surface area contributed by atoms with Gasteiger partial charge < -0.3 is 9.84 Å². The highest BCUT2D eigenvalue weighted by Gasteiger charge is 2.59. The molecule has 0 bridgehead atoms. The second kappa shape index (κ2) is 11.0. The molecular formula is C33H54O4. The van der Waals surface area contributed by atoms with Gasteiger partial charge in [0.25, 0.3) is 0 Å². The van der Waals surface area contributed by atoms with Gasteiger partial charge in [-0.05, 0) is 91.3 Å². The lowest BCUT2D eigenvalue weighted by Gasteiger charge is -2.58. The van der Waals surface area contributed by atoms with E-state index in [1.807, 2.05) is 0 Å². The maximum Gasteiger partial charge on any atom is 0.309 e. The molecule has 4 aliphatic carbocycles. The summed E-state index contributed by atoms with van der Waals surface area (Å²) in [5.74, 6) is 2.31. The first-order valence-electron chi connectivity index (χ1n) is 15.5. The Morgan fingerprint density at radius 3 is 2.38 bits per heavy atom. The van der Waals surface area contributed by atoms with Crippen LogP contribution in [-0.4, -0.2) is 23.1 Å². The number of carbonyl (C=O) groups excluding carboxylic acids is 1. The lowest BCUT2D eigenvalue weighted by atomic mass is 9.47. The molecule has 4 aliphatic rings. The van der Waals surface area contributed by atoms with Crippen molar-refractivity contribution in [1.82, 2.24) is 0 Å². The topological polar surface area (TPSA) is 63.6 Å². The molecule has 10 atom stereocenters. The Labute approximate surface area is 226 Å². The van der Waals surface area contributed by atoms with E-state index in [1.54, 1.807) is 13.8 Å². The Bertz CT molecular complexity index is 876. The fourth-order valence-electron chi connectivity index (χ4n) is 9.44. The standard InChI is InChI=1S/C33H54O4/c1-20(2)9-8-10-21(3)27-13-14-28-26-12-11-24-19-25(37-31(36)23(5)22(4)30(34)35)15-17-32(24,6)29(26)16-18-33(27,28)7/h11,20-23,25-29H,8-10,12-19H2,1-7H3,(H,34,35)/t21-,22?,23?,25?,26+,27-,28+,29+,32+,33-/m1/s1. The van der Waals surface area contributed by atoms with E-state index in [-0.39, 0.29) is 17.5 Å². The third-order valence-electron chi connectivity index (χ3n) is 12.1. The zero-order valence-corrected chi connectivity index (χ0v) is 24.7. The van der Waals surface area contributed by atoms with Gasteiger partial charge in [0, 0.05) is 6.42 Å². The van der Waals surface area contributed by atoms with Gasteiger partial charge in [0.05, 0.1) is 11.8 Å². The quantitative estimate of drug-likeness (QED) is 0.248. The number of carboxylic acid groups (broad SMARTS) is 1. The zero-order chi connectivity index (χ0) is 27.1. The van der Waals surface area contributed by atoms with Crippen molar-refractivity contribution in [3.05, 3.63) is 11.6 Å². The summed E-state index contributed by atoms with van der Waals surface area (Å²) in [5, 5.41) is 9.28. The second-order valence-corrected chi connectivity index (χ2v) is 14.5. The molecule has 0 saturated heterocycles. The van der Waals surface area contributed by atoms with Crippen molar-refractivity contribution in [2.45, 2.75) is 125 Å². The number of carbonyl (C=O) groups is 2. The van der Waals surface area contributed by atoms with Crippen LogP contribution in [0.1, 0.15) is 119 Å². The summed E-state index contributed by atoms with van der Waals surface area (Å²) in [6.45, 7) is 15.7. The molecule has 0 aromatic rings. The number of carboxylic acids is 1. The van der Waals surface area contributed by atoms with Crippen molar-refractivity contribution in [1.29, 1.82) is 0 Å². The van der Waals surface area contributed by atoms with Crippen LogP contribution in [0, 0.1) is 58.2 Å². The molecule has 3 unspecified atom stereocenters. The van der Waals surface area contributed by atoms with Crippen molar-refractivity contribution in [3.63, 3.8) is 0 Å². The molecule has 1 N–H and O–H groups in total. The number of fused-ring (bicyclic) bond motifs is 5. The van der Waals surface area contributed by atoms with Crippen molar-refractivity contribution in [2.24, 2.45) is 58.2 Å². The lowest BCUT2D eigenvalue weighted by Crippen LogP contribution is -2.51. The summed E-state index contributed by atoms with van der Waals surface area (Å²) < 4.78 is 5.88. The summed E-state index contributed by atoms with van der Waals surface area (Å²) in [6.07, 6.45) is 16.1. The molecule has 4 heteroatoms. The Morgan fingerprint density at radius 2 is 1.70 bits per heavy atom. The average Bonchev–Trinajstić information content (AvgIpc) is 3.20. The number of ether oxygens (including phenoxy) is 1. The van der Waals surface area contributed by atoms with Gasteiger partial charge in [-0.1, -0.05) is 79.4 Å². The van der Waals surface area contributed by atoms with E-state index in [4.69, 9.17) is 4.74 Å². The minimum Gasteiger partial charge on any atom is -0.481 e. The van der Waals surface area contributed by atoms with E-state index < -0.39 is 17.8 Å². The van der Waals surface area contributed by atoms with Crippen LogP contribution in [0.2, 0.25) is 0 Å². The van der Waals surface area contributed by atoms with Gasteiger partial charge in [-0.2, -0.15) is 0 Å². The van der Waals surface area contributed by atoms with Crippen LogP contribution in [0.4, 0.5) is 0 Å². The molecule has 0 aromatic carbocycles. The maximum absolute atomic E-state index is 12.7. The Morgan fingerprint density at radius 1 is 0.973 bits per heavy atom. The van der Waals surface area contributed by atoms with Gasteiger partial charge >= 0.3 is 11.9 Å². The van der Waals surface area contributed by atoms with Crippen LogP contribution in [0.25, 0.3) is 0 Å². The molecule has 0 spiro atoms. The van der Waals surface area contributed by atoms with Crippen LogP contribution in [0.3, 0.4) is 0 Å². The number of rotatable bonds is 9. The van der Waals surface area contributed by atoms with Crippen LogP contribution in [-0.2, 0) is 14.3 Å². The molecular weight excluding hydrogens is 460 g/mol. The molecule has 37 heavy (non-hydrogen) atoms. The maximum atomic E-state index is 12.7. The van der Waals surface area contributed by atoms with Crippen molar-refractivity contribution < 1.29 is 19.4 Å². The normalized spacial score (nSPS) is 39.6. The number of hydrogen-bond acceptors (Lipinski definition) is 3. The molecule has 0 amide bonds. The van der Waals surface area contributed by atoms with Gasteiger partial charge in [0.2, 0.25) is 0 Å². The highest BCUT2D eigenvalue weighted by Crippen LogP contribution is 2.67. The number of allylic oxidation sites excluding steroid dienone is 1. The van der Waals surface area contributed by atoms with Crippen LogP contribution in [0.5, 0.6) is 0 Å². The molecule has 3 fully saturated rings. The molecule has 0 aliphatic heterocycles. The summed E-state index contributed by atoms with van der Waals surface area (Å²) in [5.41, 5.74) is 2.25. The Kier molecular flexibility index (Phi) is 8.56. The first-order chi connectivity index (χ1) is 17.4. The lowest BCUT2D eigenvalue weighted by molar-refractivity contribution is -0.162. The van der Waals surface area contributed by atoms with E-state index in [2.05, 4.69) is 40.7 Å². The first kappa shape index (κ1) is 28.7. The predicted molar refractivity (Wildman–Crippen MR) is 149 cm³/mol. The van der Waals surface area contributed by atoms with Gasteiger partial charge in [-0.15, -0.1) is 0 Å². The third-order valence-corrected chi connectivity index (χ3v) is 12.1. The van der Waals surface area contributed by atoms with Gasteiger partial charge in [0.15, 0.2) is 0 Å². The van der Waals surface area contributed by atoms with Crippen molar-refractivity contribution in [2.75, 3.05) is 0 Å². The first-order valence-corrected chi connectivity index (χ1v) is 15.5. The van der Waals surface area contributed by atoms with Crippen molar-refractivity contribution in [3.8, 4) is 0 Å². The smallest absolute Gasteiger partial charge is 0.309 e. The number of aliphatic carboxylic acids is 1. The fourth-order valence-corrected chi connectivity index (χ4v) is 9.44. The molecule has 0 heterocycles. The zero-order valence-electron chi connectivity index (χ0n) is 24.7. The predicted octanol–water partition coefficient (Wildman–Crippen LogP) is 8.30. The minimum absolute atomic E-state index is 0.108. The second-order valence-electron chi connectivity index (χ2n) is 14.5. The van der Waals surface area contributed by atoms with Crippen LogP contribution >= 0.6 is 0 Å². The van der Waals surface area contributed by atoms with Gasteiger partial charge in [-0.25, -0.2) is 0 Å². The SMILES string of the molecule is CC(C)CCC[C@@H](C)[C@H]1CC[C@H]2[C@@H]3CC=C4CC(OC(=O)C(C)C(C)C(=O)O)CC[C@]4(C)[C@H]3CC[C@]12C. The highest BCUT2D eigenvalue weighted by atomic mass is 16.5. The van der Waals surface area contributed by atoms with E-state index in [9.17, 15) is 14.7 Å². The van der Waals surface area contributed by atoms with E-state index in [1.165, 1.54) is 56.9 Å². The molecule has 210 valence electrons. The number of hydrogen-bond donors (Lipinski definition) is 1. The summed E-state index contributed by atoms with van der Waals surface area (Å²) in [6, 6.07) is 0. The average molecular weight is 515 g/mol. The summed E-state index contributed by atoms with van der Waals surface area (Å²) in [4.78, 5) is 24.0. The van der Waals surface area contributed by atoms with E-state index in [0.717, 1.165) is 54.8 Å². The van der Waals surface area contributed by atoms with Gasteiger partial charge in [0.1, 0.15) is 6.10 Å². The van der Waals surface area contributed by atoms with Crippen LogP contribution < -0.4 is 0 Å². The summed E-state index contributed by atoms with van der Waals surface area (Å²) in [7, 11) is 0. The van der Waals surface area contributed by atoms with E-state index >= 15 is 0 Å². The minimum atomic E-state index is -0.940. The van der Waals surface area contributed by atoms with E-state index in [0.29, 0.717) is 5.41 Å². The molecule has 0 radical (unpaired) electrons. The molecule has 3 saturated carbocycles. The van der Waals surface area contributed by atoms with Gasteiger partial charge in [-0.3, -0.25) is 9.59 Å². The number of esters is 1. The fraction of sp³-hybridized carbons (Fsp3) is 0.879. The molecule has 0 aromatic heterocycles. The largest absolute Gasteiger partial charge is 0.481 e. The monoisotopic (exact) mass is 514 g/mol. The Balaban J connectivity index is 1.41. The van der Waals surface area contributed by atoms with Crippen LogP contribution in [0.15, 0.2) is 11.6 Å². The van der Waals surface area contributed by atoms with Crippen molar-refractivity contribution >= 4 is 11.9 Å². The molecule has 4 nitrogen and oxygen atoms in total. The summed E-state index contributed by atoms with van der Waals surface area (Å²) >= 11 is 0. The molecule has 4 rings (SSSR count). The Hall–Kier alpha value is -1.32.